The molecular formula is C23H20N4O4. The van der Waals surface area contributed by atoms with E-state index in [9.17, 15) is 14.7 Å². The summed E-state index contributed by atoms with van der Waals surface area (Å²) in [6.07, 6.45) is 3.68. The molecule has 0 bridgehead atoms. The fraction of sp³-hybridized carbons (Fsp3) is 0.174. The molecular weight excluding hydrogens is 396 g/mol. The van der Waals surface area contributed by atoms with Crippen molar-refractivity contribution in [2.75, 3.05) is 6.61 Å². The highest BCUT2D eigenvalue weighted by molar-refractivity contribution is 5.76. The van der Waals surface area contributed by atoms with Crippen LogP contribution < -0.4 is 10.3 Å². The number of ether oxygens (including phenoxy) is 1. The van der Waals surface area contributed by atoms with Gasteiger partial charge in [-0.05, 0) is 47.9 Å². The minimum atomic E-state index is -0.992. The minimum Gasteiger partial charge on any atom is -0.493 e. The molecule has 2 heterocycles. The van der Waals surface area contributed by atoms with Crippen LogP contribution in [-0.2, 0) is 11.3 Å². The summed E-state index contributed by atoms with van der Waals surface area (Å²) in [5.41, 5.74) is 2.20. The predicted octanol–water partition coefficient (Wildman–Crippen LogP) is 3.02. The highest BCUT2D eigenvalue weighted by Crippen LogP contribution is 2.22. The lowest BCUT2D eigenvalue weighted by Gasteiger charge is -2.14. The molecule has 0 fully saturated rings. The molecule has 1 atom stereocenters. The number of aliphatic carboxylic acids is 1. The van der Waals surface area contributed by atoms with Gasteiger partial charge in [0, 0.05) is 18.9 Å². The van der Waals surface area contributed by atoms with Crippen LogP contribution in [0.15, 0.2) is 77.9 Å². The monoisotopic (exact) mass is 416 g/mol. The van der Waals surface area contributed by atoms with Crippen LogP contribution in [0, 0.1) is 5.92 Å². The summed E-state index contributed by atoms with van der Waals surface area (Å²) in [6, 6.07) is 18.1. The Hall–Kier alpha value is -4.07. The zero-order chi connectivity index (χ0) is 21.6. The molecule has 0 aliphatic carbocycles. The molecule has 0 spiro atoms. The van der Waals surface area contributed by atoms with Crippen LogP contribution in [-0.4, -0.2) is 37.7 Å². The Morgan fingerprint density at radius 1 is 1.03 bits per heavy atom. The second-order valence-electron chi connectivity index (χ2n) is 7.04. The van der Waals surface area contributed by atoms with Gasteiger partial charge in [0.25, 0.3) is 5.56 Å². The molecule has 1 unspecified atom stereocenters. The standard InChI is InChI=1S/C23H20N4O4/c28-22-20-5-1-2-6-21(20)25-26-27(22)13-11-18(23(29)30)15-31-19-9-7-16(8-10-19)17-4-3-12-24-14-17/h1-10,12,14,18H,11,13,15H2,(H,29,30). The maximum atomic E-state index is 12.5. The maximum absolute atomic E-state index is 12.5. The molecule has 2 aromatic carbocycles. The summed E-state index contributed by atoms with van der Waals surface area (Å²) in [5, 5.41) is 17.9. The largest absolute Gasteiger partial charge is 0.493 e. The zero-order valence-corrected chi connectivity index (χ0v) is 16.6. The fourth-order valence-corrected chi connectivity index (χ4v) is 3.20. The number of carboxylic acids is 1. The summed E-state index contributed by atoms with van der Waals surface area (Å²) >= 11 is 0. The number of fused-ring (bicyclic) bond motifs is 1. The Morgan fingerprint density at radius 3 is 2.58 bits per heavy atom. The Bertz CT molecular complexity index is 1240. The zero-order valence-electron chi connectivity index (χ0n) is 16.6. The van der Waals surface area contributed by atoms with E-state index in [1.165, 1.54) is 4.68 Å². The Labute approximate surface area is 177 Å². The molecule has 0 amide bonds. The molecule has 0 aliphatic rings. The molecule has 156 valence electrons. The van der Waals surface area contributed by atoms with Gasteiger partial charge in [0.1, 0.15) is 17.9 Å². The van der Waals surface area contributed by atoms with E-state index in [2.05, 4.69) is 15.3 Å². The first-order valence-electron chi connectivity index (χ1n) is 9.80. The number of hydrogen-bond donors (Lipinski definition) is 1. The number of carbonyl (C=O) groups is 1. The molecule has 31 heavy (non-hydrogen) atoms. The highest BCUT2D eigenvalue weighted by atomic mass is 16.5. The average molecular weight is 416 g/mol. The van der Waals surface area contributed by atoms with Crippen molar-refractivity contribution in [2.45, 2.75) is 13.0 Å². The van der Waals surface area contributed by atoms with Gasteiger partial charge in [-0.3, -0.25) is 14.6 Å². The van der Waals surface area contributed by atoms with Gasteiger partial charge in [-0.25, -0.2) is 4.68 Å². The topological polar surface area (TPSA) is 107 Å². The minimum absolute atomic E-state index is 0.0165. The van der Waals surface area contributed by atoms with Gasteiger partial charge in [-0.1, -0.05) is 35.5 Å². The summed E-state index contributed by atoms with van der Waals surface area (Å²) in [5.74, 6) is -1.21. The van der Waals surface area contributed by atoms with Gasteiger partial charge < -0.3 is 9.84 Å². The van der Waals surface area contributed by atoms with E-state index >= 15 is 0 Å². The van der Waals surface area contributed by atoms with Crippen molar-refractivity contribution < 1.29 is 14.6 Å². The van der Waals surface area contributed by atoms with Crippen molar-refractivity contribution in [3.8, 4) is 16.9 Å². The lowest BCUT2D eigenvalue weighted by atomic mass is 10.1. The first-order chi connectivity index (χ1) is 15.1. The van der Waals surface area contributed by atoms with Gasteiger partial charge in [0.05, 0.1) is 11.3 Å². The number of carboxylic acid groups (broad SMARTS) is 1. The number of aromatic nitrogens is 4. The van der Waals surface area contributed by atoms with Gasteiger partial charge in [-0.2, -0.15) is 0 Å². The molecule has 0 radical (unpaired) electrons. The second-order valence-corrected chi connectivity index (χ2v) is 7.04. The van der Waals surface area contributed by atoms with Gasteiger partial charge in [-0.15, -0.1) is 5.10 Å². The van der Waals surface area contributed by atoms with Crippen LogP contribution in [0.1, 0.15) is 6.42 Å². The normalized spacial score (nSPS) is 11.9. The van der Waals surface area contributed by atoms with Gasteiger partial charge >= 0.3 is 5.97 Å². The molecule has 0 saturated carbocycles. The number of aryl methyl sites for hydroxylation is 1. The van der Waals surface area contributed by atoms with E-state index in [-0.39, 0.29) is 25.1 Å². The third kappa shape index (κ3) is 4.75. The molecule has 4 rings (SSSR count). The van der Waals surface area contributed by atoms with E-state index in [0.29, 0.717) is 16.7 Å². The maximum Gasteiger partial charge on any atom is 0.310 e. The van der Waals surface area contributed by atoms with E-state index < -0.39 is 11.9 Å². The van der Waals surface area contributed by atoms with E-state index in [1.807, 2.05) is 24.3 Å². The van der Waals surface area contributed by atoms with Crippen molar-refractivity contribution in [1.82, 2.24) is 20.0 Å². The second kappa shape index (κ2) is 9.17. The first-order valence-corrected chi connectivity index (χ1v) is 9.80. The molecule has 2 aromatic heterocycles. The Morgan fingerprint density at radius 2 is 1.84 bits per heavy atom. The van der Waals surface area contributed by atoms with Crippen molar-refractivity contribution in [3.63, 3.8) is 0 Å². The molecule has 0 saturated heterocycles. The van der Waals surface area contributed by atoms with Crippen molar-refractivity contribution >= 4 is 16.9 Å². The van der Waals surface area contributed by atoms with Crippen LogP contribution in [0.25, 0.3) is 22.0 Å². The van der Waals surface area contributed by atoms with Crippen molar-refractivity contribution in [1.29, 1.82) is 0 Å². The highest BCUT2D eigenvalue weighted by Gasteiger charge is 2.19. The number of nitrogens with zero attached hydrogens (tertiary/aromatic N) is 4. The molecule has 1 N–H and O–H groups in total. The average Bonchev–Trinajstić information content (AvgIpc) is 2.81. The van der Waals surface area contributed by atoms with Crippen LogP contribution in [0.2, 0.25) is 0 Å². The summed E-state index contributed by atoms with van der Waals surface area (Å²) in [6.45, 7) is 0.119. The molecule has 0 aliphatic heterocycles. The van der Waals surface area contributed by atoms with Crippen LogP contribution in [0.3, 0.4) is 0 Å². The van der Waals surface area contributed by atoms with Crippen molar-refractivity contribution in [2.24, 2.45) is 5.92 Å². The number of hydrogen-bond acceptors (Lipinski definition) is 6. The smallest absolute Gasteiger partial charge is 0.310 e. The van der Waals surface area contributed by atoms with Crippen molar-refractivity contribution in [3.05, 3.63) is 83.4 Å². The predicted molar refractivity (Wildman–Crippen MR) is 115 cm³/mol. The number of benzene rings is 2. The summed E-state index contributed by atoms with van der Waals surface area (Å²) < 4.78 is 6.88. The van der Waals surface area contributed by atoms with Crippen LogP contribution in [0.4, 0.5) is 0 Å². The van der Waals surface area contributed by atoms with Gasteiger partial charge in [0.15, 0.2) is 0 Å². The molecule has 8 heteroatoms. The SMILES string of the molecule is O=C(O)C(CCn1nnc2ccccc2c1=O)COc1ccc(-c2cccnc2)cc1. The third-order valence-corrected chi connectivity index (χ3v) is 4.97. The Balaban J connectivity index is 1.39. The lowest BCUT2D eigenvalue weighted by molar-refractivity contribution is -0.143. The first kappa shape index (κ1) is 20.2. The van der Waals surface area contributed by atoms with Crippen LogP contribution in [0.5, 0.6) is 5.75 Å². The summed E-state index contributed by atoms with van der Waals surface area (Å²) in [4.78, 5) is 28.3. The third-order valence-electron chi connectivity index (χ3n) is 4.97. The van der Waals surface area contributed by atoms with E-state index in [0.717, 1.165) is 11.1 Å². The molecule has 4 aromatic rings. The summed E-state index contributed by atoms with van der Waals surface area (Å²) in [7, 11) is 0. The quantitative estimate of drug-likeness (QED) is 0.470. The Kier molecular flexibility index (Phi) is 5.98. The fourth-order valence-electron chi connectivity index (χ4n) is 3.20. The molecule has 8 nitrogen and oxygen atoms in total. The van der Waals surface area contributed by atoms with E-state index in [4.69, 9.17) is 4.74 Å². The van der Waals surface area contributed by atoms with Crippen LogP contribution >= 0.6 is 0 Å². The number of rotatable bonds is 8. The lowest BCUT2D eigenvalue weighted by Crippen LogP contribution is -2.28. The number of pyridine rings is 1. The van der Waals surface area contributed by atoms with E-state index in [1.54, 1.807) is 48.8 Å². The van der Waals surface area contributed by atoms with Gasteiger partial charge in [0.2, 0.25) is 0 Å².